The van der Waals surface area contributed by atoms with Gasteiger partial charge in [-0.15, -0.1) is 0 Å². The van der Waals surface area contributed by atoms with E-state index in [-0.39, 0.29) is 12.1 Å². The maximum atomic E-state index is 11.4. The van der Waals surface area contributed by atoms with Crippen molar-refractivity contribution >= 4 is 5.97 Å². The summed E-state index contributed by atoms with van der Waals surface area (Å²) < 4.78 is 5.22. The molecule has 0 amide bonds. The van der Waals surface area contributed by atoms with E-state index in [4.69, 9.17) is 4.74 Å². The van der Waals surface area contributed by atoms with Gasteiger partial charge in [-0.2, -0.15) is 0 Å². The first-order valence-corrected chi connectivity index (χ1v) is 15.0. The van der Waals surface area contributed by atoms with Crippen molar-refractivity contribution in [1.29, 1.82) is 0 Å². The Morgan fingerprint density at radius 3 is 1.33 bits per heavy atom. The fourth-order valence-corrected chi connectivity index (χ4v) is 4.49. The number of hydrogen-bond acceptors (Lipinski definition) is 3. The average molecular weight is 469 g/mol. The summed E-state index contributed by atoms with van der Waals surface area (Å²) in [7, 11) is 0. The highest BCUT2D eigenvalue weighted by Crippen LogP contribution is 2.15. The molecule has 0 saturated carbocycles. The number of hydrogen-bond donors (Lipinski definition) is 1. The zero-order valence-electron chi connectivity index (χ0n) is 22.7. The van der Waals surface area contributed by atoms with Gasteiger partial charge in [0.2, 0.25) is 0 Å². The van der Waals surface area contributed by atoms with Gasteiger partial charge in [0.1, 0.15) is 0 Å². The van der Waals surface area contributed by atoms with Crippen LogP contribution in [0.3, 0.4) is 0 Å². The van der Waals surface area contributed by atoms with Gasteiger partial charge < -0.3 is 9.84 Å². The molecule has 1 atom stereocenters. The smallest absolute Gasteiger partial charge is 0.305 e. The molecule has 0 heterocycles. The highest BCUT2D eigenvalue weighted by Gasteiger charge is 2.05. The molecule has 0 fully saturated rings. The van der Waals surface area contributed by atoms with E-state index in [1.54, 1.807) is 0 Å². The lowest BCUT2D eigenvalue weighted by Gasteiger charge is -2.10. The molecule has 0 aromatic carbocycles. The normalized spacial score (nSPS) is 12.2. The predicted molar refractivity (Wildman–Crippen MR) is 144 cm³/mol. The lowest BCUT2D eigenvalue weighted by atomic mass is 10.0. The third kappa shape index (κ3) is 27.6. The van der Waals surface area contributed by atoms with E-state index in [1.807, 2.05) is 0 Å². The van der Waals surface area contributed by atoms with Crippen molar-refractivity contribution < 1.29 is 14.6 Å². The number of ether oxygens (including phenoxy) is 1. The molecule has 3 heteroatoms. The van der Waals surface area contributed by atoms with E-state index >= 15 is 0 Å². The van der Waals surface area contributed by atoms with E-state index in [2.05, 4.69) is 13.8 Å². The summed E-state index contributed by atoms with van der Waals surface area (Å²) >= 11 is 0. The van der Waals surface area contributed by atoms with Gasteiger partial charge in [0, 0.05) is 6.42 Å². The molecular weight excluding hydrogens is 408 g/mol. The minimum Gasteiger partial charge on any atom is -0.466 e. The van der Waals surface area contributed by atoms with Crippen LogP contribution in [0.1, 0.15) is 174 Å². The zero-order chi connectivity index (χ0) is 24.2. The van der Waals surface area contributed by atoms with Gasteiger partial charge in [-0.25, -0.2) is 0 Å². The van der Waals surface area contributed by atoms with Gasteiger partial charge >= 0.3 is 5.97 Å². The number of rotatable bonds is 27. The Morgan fingerprint density at radius 1 is 0.545 bits per heavy atom. The van der Waals surface area contributed by atoms with Crippen LogP contribution < -0.4 is 0 Å². The summed E-state index contributed by atoms with van der Waals surface area (Å²) in [6, 6.07) is 0. The first kappa shape index (κ1) is 32.4. The van der Waals surface area contributed by atoms with Gasteiger partial charge in [0.25, 0.3) is 0 Å². The topological polar surface area (TPSA) is 46.5 Å². The third-order valence-corrected chi connectivity index (χ3v) is 6.82. The van der Waals surface area contributed by atoms with Crippen molar-refractivity contribution in [1.82, 2.24) is 0 Å². The molecule has 0 aliphatic rings. The molecule has 33 heavy (non-hydrogen) atoms. The molecule has 0 unspecified atom stereocenters. The first-order chi connectivity index (χ1) is 16.2. The van der Waals surface area contributed by atoms with E-state index in [9.17, 15) is 9.90 Å². The van der Waals surface area contributed by atoms with E-state index in [0.717, 1.165) is 51.4 Å². The Bertz CT molecular complexity index is 383. The Labute approximate surface area is 207 Å². The second-order valence-corrected chi connectivity index (χ2v) is 10.3. The van der Waals surface area contributed by atoms with Crippen molar-refractivity contribution in [3.8, 4) is 0 Å². The number of esters is 1. The van der Waals surface area contributed by atoms with Crippen LogP contribution in [-0.2, 0) is 9.53 Å². The Morgan fingerprint density at radius 2 is 0.909 bits per heavy atom. The molecule has 0 aliphatic carbocycles. The van der Waals surface area contributed by atoms with Gasteiger partial charge in [-0.05, 0) is 32.1 Å². The summed E-state index contributed by atoms with van der Waals surface area (Å²) in [5.74, 6) is -0.0595. The summed E-state index contributed by atoms with van der Waals surface area (Å²) in [5, 5.41) is 10.1. The van der Waals surface area contributed by atoms with E-state index in [0.29, 0.717) is 13.0 Å². The molecule has 0 aromatic heterocycles. The Hall–Kier alpha value is -0.570. The van der Waals surface area contributed by atoms with Crippen LogP contribution in [0.15, 0.2) is 0 Å². The van der Waals surface area contributed by atoms with Gasteiger partial charge in [-0.3, -0.25) is 4.79 Å². The molecule has 1 N–H and O–H groups in total. The molecular formula is C30H60O3. The zero-order valence-corrected chi connectivity index (χ0v) is 22.7. The highest BCUT2D eigenvalue weighted by atomic mass is 16.5. The molecule has 0 aliphatic heterocycles. The summed E-state index contributed by atoms with van der Waals surface area (Å²) in [5.41, 5.74) is 0. The molecule has 198 valence electrons. The Balaban J connectivity index is 3.18. The number of aliphatic hydroxyl groups is 1. The van der Waals surface area contributed by atoms with Gasteiger partial charge in [0.05, 0.1) is 12.7 Å². The number of carbonyl (C=O) groups is 1. The number of carbonyl (C=O) groups excluding carboxylic acids is 1. The van der Waals surface area contributed by atoms with Crippen LogP contribution in [0.4, 0.5) is 0 Å². The van der Waals surface area contributed by atoms with Gasteiger partial charge in [0.15, 0.2) is 0 Å². The number of unbranched alkanes of at least 4 members (excludes halogenated alkanes) is 19. The van der Waals surface area contributed by atoms with E-state index in [1.165, 1.54) is 103 Å². The maximum Gasteiger partial charge on any atom is 0.305 e. The minimum absolute atomic E-state index is 0.0595. The highest BCUT2D eigenvalue weighted by molar-refractivity contribution is 5.69. The van der Waals surface area contributed by atoms with Crippen molar-refractivity contribution in [2.45, 2.75) is 180 Å². The second-order valence-electron chi connectivity index (χ2n) is 10.3. The molecule has 0 radical (unpaired) electrons. The average Bonchev–Trinajstić information content (AvgIpc) is 2.81. The molecule has 0 spiro atoms. The van der Waals surface area contributed by atoms with Crippen molar-refractivity contribution in [2.75, 3.05) is 6.61 Å². The van der Waals surface area contributed by atoms with Crippen molar-refractivity contribution in [3.05, 3.63) is 0 Å². The van der Waals surface area contributed by atoms with Crippen LogP contribution in [0, 0.1) is 0 Å². The summed E-state index contributed by atoms with van der Waals surface area (Å²) in [6.07, 6.45) is 30.9. The van der Waals surface area contributed by atoms with Crippen molar-refractivity contribution in [3.63, 3.8) is 0 Å². The third-order valence-electron chi connectivity index (χ3n) is 6.82. The lowest BCUT2D eigenvalue weighted by Crippen LogP contribution is -2.07. The number of aliphatic hydroxyl groups excluding tert-OH is 1. The van der Waals surface area contributed by atoms with Crippen LogP contribution >= 0.6 is 0 Å². The molecule has 3 nitrogen and oxygen atoms in total. The Kier molecular flexibility index (Phi) is 27.2. The maximum absolute atomic E-state index is 11.4. The molecule has 0 saturated heterocycles. The van der Waals surface area contributed by atoms with Crippen LogP contribution in [-0.4, -0.2) is 23.8 Å². The van der Waals surface area contributed by atoms with Crippen LogP contribution in [0.5, 0.6) is 0 Å². The monoisotopic (exact) mass is 468 g/mol. The molecule has 0 rings (SSSR count). The standard InChI is InChI=1S/C30H60O3/c1-3-5-7-8-9-10-11-12-13-14-15-16-17-18-19-20-22-25-29(31)26-23-21-24-28-33-30(32)27-6-4-2/h29,31H,3-28H2,1-2H3/t29-/m0/s1. The first-order valence-electron chi connectivity index (χ1n) is 15.0. The van der Waals surface area contributed by atoms with Crippen LogP contribution in [0.2, 0.25) is 0 Å². The summed E-state index contributed by atoms with van der Waals surface area (Å²) in [4.78, 5) is 11.4. The van der Waals surface area contributed by atoms with E-state index < -0.39 is 0 Å². The van der Waals surface area contributed by atoms with Crippen LogP contribution in [0.25, 0.3) is 0 Å². The largest absolute Gasteiger partial charge is 0.466 e. The SMILES string of the molecule is CCCCCCCCCCCCCCCCCCC[C@H](O)CCCCCOC(=O)CCCC. The fourth-order valence-electron chi connectivity index (χ4n) is 4.49. The minimum atomic E-state index is -0.145. The molecule has 0 aromatic rings. The summed E-state index contributed by atoms with van der Waals surface area (Å²) in [6.45, 7) is 4.91. The van der Waals surface area contributed by atoms with Crippen molar-refractivity contribution in [2.24, 2.45) is 0 Å². The quantitative estimate of drug-likeness (QED) is 0.0963. The molecule has 0 bridgehead atoms. The lowest BCUT2D eigenvalue weighted by molar-refractivity contribution is -0.143. The predicted octanol–water partition coefficient (Wildman–Crippen LogP) is 9.68. The second kappa shape index (κ2) is 27.7. The fraction of sp³-hybridized carbons (Fsp3) is 0.967. The van der Waals surface area contributed by atoms with Gasteiger partial charge in [-0.1, -0.05) is 136 Å².